The van der Waals surface area contributed by atoms with Gasteiger partial charge in [-0.15, -0.1) is 0 Å². The van der Waals surface area contributed by atoms with E-state index in [1.165, 1.54) is 6.07 Å². The highest BCUT2D eigenvalue weighted by Crippen LogP contribution is 2.35. The summed E-state index contributed by atoms with van der Waals surface area (Å²) in [4.78, 5) is 3.82. The van der Waals surface area contributed by atoms with Crippen LogP contribution in [0.15, 0.2) is 18.2 Å². The van der Waals surface area contributed by atoms with Gasteiger partial charge in [-0.3, -0.25) is 0 Å². The predicted molar refractivity (Wildman–Crippen MR) is 78.3 cm³/mol. The molecule has 0 unspecified atom stereocenters. The fraction of sp³-hybridized carbons (Fsp3) is 0.267. The molecule has 0 radical (unpaired) electrons. The van der Waals surface area contributed by atoms with Gasteiger partial charge in [0.1, 0.15) is 21.7 Å². The molecule has 2 rings (SSSR count). The second-order valence-electron chi connectivity index (χ2n) is 5.63. The zero-order valence-corrected chi connectivity index (χ0v) is 13.1. The minimum atomic E-state index is -1.06. The standard InChI is InChI=1S/C15H12Cl2F3N/c1-15(2,3)8-6-10(16)21-14(13(8)20)7-4-5-9(18)11(17)12(7)19/h4-6H,1-3H3. The molecule has 0 saturated carbocycles. The molecule has 112 valence electrons. The zero-order valence-electron chi connectivity index (χ0n) is 11.6. The van der Waals surface area contributed by atoms with E-state index in [-0.39, 0.29) is 22.0 Å². The average Bonchev–Trinajstić information content (AvgIpc) is 2.38. The molecule has 1 nitrogen and oxygen atoms in total. The number of hydrogen-bond donors (Lipinski definition) is 0. The van der Waals surface area contributed by atoms with E-state index in [0.29, 0.717) is 0 Å². The predicted octanol–water partition coefficient (Wildman–Crippen LogP) is 5.77. The zero-order chi connectivity index (χ0) is 15.9. The number of benzene rings is 1. The first-order chi connectivity index (χ1) is 9.62. The Morgan fingerprint density at radius 3 is 2.19 bits per heavy atom. The number of aromatic nitrogens is 1. The molecule has 21 heavy (non-hydrogen) atoms. The van der Waals surface area contributed by atoms with E-state index in [1.54, 1.807) is 20.8 Å². The van der Waals surface area contributed by atoms with E-state index in [0.717, 1.165) is 12.1 Å². The molecule has 0 aliphatic rings. The van der Waals surface area contributed by atoms with Gasteiger partial charge < -0.3 is 0 Å². The maximum Gasteiger partial charge on any atom is 0.154 e. The smallest absolute Gasteiger partial charge is 0.154 e. The van der Waals surface area contributed by atoms with Crippen LogP contribution >= 0.6 is 23.2 Å². The molecule has 0 bridgehead atoms. The number of pyridine rings is 1. The molecule has 6 heteroatoms. The summed E-state index contributed by atoms with van der Waals surface area (Å²) in [6.45, 7) is 5.37. The van der Waals surface area contributed by atoms with Gasteiger partial charge in [0.25, 0.3) is 0 Å². The summed E-state index contributed by atoms with van der Waals surface area (Å²) >= 11 is 11.4. The van der Waals surface area contributed by atoms with Gasteiger partial charge in [0.2, 0.25) is 0 Å². The first-order valence-corrected chi connectivity index (χ1v) is 6.89. The van der Waals surface area contributed by atoms with Crippen LogP contribution in [0.5, 0.6) is 0 Å². The molecule has 0 aliphatic carbocycles. The van der Waals surface area contributed by atoms with Gasteiger partial charge in [-0.05, 0) is 29.2 Å². The summed E-state index contributed by atoms with van der Waals surface area (Å²) in [5.41, 5.74) is -0.776. The van der Waals surface area contributed by atoms with E-state index in [9.17, 15) is 13.2 Å². The lowest BCUT2D eigenvalue weighted by Crippen LogP contribution is -2.15. The molecule has 0 amide bonds. The molecule has 1 aromatic heterocycles. The Morgan fingerprint density at radius 1 is 1.00 bits per heavy atom. The minimum absolute atomic E-state index is 0.0242. The summed E-state index contributed by atoms with van der Waals surface area (Å²) in [7, 11) is 0. The fourth-order valence-corrected chi connectivity index (χ4v) is 2.29. The summed E-state index contributed by atoms with van der Waals surface area (Å²) in [6.07, 6.45) is 0. The highest BCUT2D eigenvalue weighted by Gasteiger charge is 2.25. The third kappa shape index (κ3) is 3.01. The second-order valence-corrected chi connectivity index (χ2v) is 6.39. The van der Waals surface area contributed by atoms with Crippen molar-refractivity contribution in [3.63, 3.8) is 0 Å². The summed E-state index contributed by atoms with van der Waals surface area (Å²) in [5, 5.41) is -0.679. The molecule has 0 aliphatic heterocycles. The maximum atomic E-state index is 14.6. The molecule has 2 aromatic rings. The van der Waals surface area contributed by atoms with E-state index in [2.05, 4.69) is 4.98 Å². The Bertz CT molecular complexity index is 709. The van der Waals surface area contributed by atoms with Crippen LogP contribution < -0.4 is 0 Å². The van der Waals surface area contributed by atoms with Crippen LogP contribution in [0.25, 0.3) is 11.3 Å². The molecular weight excluding hydrogens is 322 g/mol. The second kappa shape index (κ2) is 5.50. The van der Waals surface area contributed by atoms with Crippen molar-refractivity contribution < 1.29 is 13.2 Å². The normalized spacial score (nSPS) is 11.8. The molecule has 0 spiro atoms. The summed E-state index contributed by atoms with van der Waals surface area (Å²) in [6, 6.07) is 3.44. The minimum Gasteiger partial charge on any atom is -0.233 e. The Morgan fingerprint density at radius 2 is 1.62 bits per heavy atom. The molecule has 1 aromatic carbocycles. The molecular formula is C15H12Cl2F3N. The molecule has 0 atom stereocenters. The fourth-order valence-electron chi connectivity index (χ4n) is 1.93. The lowest BCUT2D eigenvalue weighted by atomic mass is 9.86. The SMILES string of the molecule is CC(C)(C)c1cc(Cl)nc(-c2ccc(F)c(Cl)c2F)c1F. The Labute approximate surface area is 130 Å². The van der Waals surface area contributed by atoms with Gasteiger partial charge in [0.15, 0.2) is 11.6 Å². The Balaban J connectivity index is 2.77. The van der Waals surface area contributed by atoms with E-state index in [1.807, 2.05) is 0 Å². The van der Waals surface area contributed by atoms with Crippen molar-refractivity contribution in [3.05, 3.63) is 51.4 Å². The molecule has 1 heterocycles. The third-order valence-electron chi connectivity index (χ3n) is 3.02. The Kier molecular flexibility index (Phi) is 4.22. The van der Waals surface area contributed by atoms with Crippen LogP contribution in [0.3, 0.4) is 0 Å². The van der Waals surface area contributed by atoms with Crippen molar-refractivity contribution >= 4 is 23.2 Å². The van der Waals surface area contributed by atoms with Crippen LogP contribution in [0, 0.1) is 17.5 Å². The van der Waals surface area contributed by atoms with Crippen LogP contribution in [0.2, 0.25) is 10.2 Å². The highest BCUT2D eigenvalue weighted by atomic mass is 35.5. The van der Waals surface area contributed by atoms with Crippen LogP contribution in [0.4, 0.5) is 13.2 Å². The lowest BCUT2D eigenvalue weighted by molar-refractivity contribution is 0.520. The highest BCUT2D eigenvalue weighted by molar-refractivity contribution is 6.31. The van der Waals surface area contributed by atoms with E-state index < -0.39 is 27.9 Å². The third-order valence-corrected chi connectivity index (χ3v) is 3.56. The summed E-state index contributed by atoms with van der Waals surface area (Å²) in [5.74, 6) is -2.69. The van der Waals surface area contributed by atoms with E-state index >= 15 is 0 Å². The van der Waals surface area contributed by atoms with Crippen molar-refractivity contribution in [3.8, 4) is 11.3 Å². The number of nitrogens with zero attached hydrogens (tertiary/aromatic N) is 1. The van der Waals surface area contributed by atoms with Crippen molar-refractivity contribution in [1.82, 2.24) is 4.98 Å². The largest absolute Gasteiger partial charge is 0.233 e. The Hall–Kier alpha value is -1.26. The first-order valence-electron chi connectivity index (χ1n) is 6.13. The van der Waals surface area contributed by atoms with Crippen molar-refractivity contribution in [1.29, 1.82) is 0 Å². The first kappa shape index (κ1) is 16.1. The van der Waals surface area contributed by atoms with Gasteiger partial charge in [0.05, 0.1) is 0 Å². The molecule has 0 fully saturated rings. The molecule has 0 N–H and O–H groups in total. The van der Waals surface area contributed by atoms with Crippen LogP contribution in [0.1, 0.15) is 26.3 Å². The van der Waals surface area contributed by atoms with Gasteiger partial charge in [-0.25, -0.2) is 18.2 Å². The van der Waals surface area contributed by atoms with Crippen molar-refractivity contribution in [2.75, 3.05) is 0 Å². The van der Waals surface area contributed by atoms with Crippen LogP contribution in [-0.2, 0) is 5.41 Å². The lowest BCUT2D eigenvalue weighted by Gasteiger charge is -2.21. The summed E-state index contributed by atoms with van der Waals surface area (Å²) < 4.78 is 41.9. The van der Waals surface area contributed by atoms with Gasteiger partial charge >= 0.3 is 0 Å². The van der Waals surface area contributed by atoms with E-state index in [4.69, 9.17) is 23.2 Å². The van der Waals surface area contributed by atoms with Gasteiger partial charge in [-0.2, -0.15) is 0 Å². The topological polar surface area (TPSA) is 12.9 Å². The van der Waals surface area contributed by atoms with Gasteiger partial charge in [-0.1, -0.05) is 44.0 Å². The quantitative estimate of drug-likeness (QED) is 0.476. The maximum absolute atomic E-state index is 14.6. The van der Waals surface area contributed by atoms with Crippen LogP contribution in [-0.4, -0.2) is 4.98 Å². The average molecular weight is 334 g/mol. The number of hydrogen-bond acceptors (Lipinski definition) is 1. The molecule has 0 saturated heterocycles. The van der Waals surface area contributed by atoms with Crippen molar-refractivity contribution in [2.24, 2.45) is 0 Å². The monoisotopic (exact) mass is 333 g/mol. The van der Waals surface area contributed by atoms with Crippen molar-refractivity contribution in [2.45, 2.75) is 26.2 Å². The number of halogens is 5. The van der Waals surface area contributed by atoms with Gasteiger partial charge in [0, 0.05) is 5.56 Å². The number of rotatable bonds is 1.